The van der Waals surface area contributed by atoms with Crippen LogP contribution in [0.15, 0.2) is 30.6 Å². The summed E-state index contributed by atoms with van der Waals surface area (Å²) in [6.45, 7) is 2.38. The summed E-state index contributed by atoms with van der Waals surface area (Å²) >= 11 is 5.77. The van der Waals surface area contributed by atoms with E-state index < -0.39 is 25.4 Å². The normalized spacial score (nSPS) is 13.7. The highest BCUT2D eigenvalue weighted by atomic mass is 35.5. The second-order valence-corrected chi connectivity index (χ2v) is 6.95. The lowest BCUT2D eigenvalue weighted by Gasteiger charge is -2.16. The Hall–Kier alpha value is -2.48. The van der Waals surface area contributed by atoms with Gasteiger partial charge in [0.05, 0.1) is 34.0 Å². The minimum Gasteiger partial charge on any atom is -0.424 e. The number of hydrogen-bond donors (Lipinski definition) is 0. The summed E-state index contributed by atoms with van der Waals surface area (Å²) in [7, 11) is 0. The highest BCUT2D eigenvalue weighted by molar-refractivity contribution is 6.30. The summed E-state index contributed by atoms with van der Waals surface area (Å²) in [5.74, 6) is 0.728. The Bertz CT molecular complexity index is 956. The summed E-state index contributed by atoms with van der Waals surface area (Å²) in [6.07, 6.45) is -1.93. The largest absolute Gasteiger partial charge is 0.424 e. The van der Waals surface area contributed by atoms with Crippen molar-refractivity contribution in [2.24, 2.45) is 0 Å². The average Bonchev–Trinajstić information content (AvgIpc) is 2.68. The fourth-order valence-electron chi connectivity index (χ4n) is 2.60. The fourth-order valence-corrected chi connectivity index (χ4v) is 2.69. The summed E-state index contributed by atoms with van der Waals surface area (Å²) < 4.78 is 46.0. The van der Waals surface area contributed by atoms with Crippen molar-refractivity contribution in [3.63, 3.8) is 0 Å². The molecular weight excluding hydrogens is 393 g/mol. The number of ether oxygens (including phenoxy) is 1. The van der Waals surface area contributed by atoms with Gasteiger partial charge in [-0.25, -0.2) is 33.1 Å². The minimum atomic E-state index is -2.22. The molecule has 0 aliphatic rings. The Kier molecular flexibility index (Phi) is 6.28. The predicted molar refractivity (Wildman–Crippen MR) is 100 cm³/mol. The summed E-state index contributed by atoms with van der Waals surface area (Å²) in [6, 6.07) is 5.08. The lowest BCUT2D eigenvalue weighted by Crippen LogP contribution is -2.23. The average molecular weight is 411 g/mol. The molecule has 0 N–H and O–H groups in total. The Labute approximate surface area is 165 Å². The molecule has 9 heteroatoms. The number of halogens is 4. The number of benzene rings is 1. The van der Waals surface area contributed by atoms with Crippen LogP contribution in [0, 0.1) is 0 Å². The quantitative estimate of drug-likeness (QED) is 0.537. The molecule has 0 aliphatic heterocycles. The van der Waals surface area contributed by atoms with E-state index in [1.165, 1.54) is 12.4 Å². The molecule has 0 fully saturated rings. The maximum atomic E-state index is 14.2. The number of rotatable bonds is 7. The van der Waals surface area contributed by atoms with Gasteiger partial charge in [-0.15, -0.1) is 0 Å². The number of alkyl halides is 3. The van der Waals surface area contributed by atoms with Crippen LogP contribution >= 0.6 is 11.6 Å². The zero-order valence-electron chi connectivity index (χ0n) is 15.2. The zero-order valence-corrected chi connectivity index (χ0v) is 16.0. The van der Waals surface area contributed by atoms with Crippen LogP contribution in [0.3, 0.4) is 0 Å². The molecule has 1 aromatic carbocycles. The van der Waals surface area contributed by atoms with Crippen molar-refractivity contribution in [3.8, 4) is 11.8 Å². The van der Waals surface area contributed by atoms with E-state index in [1.54, 1.807) is 18.2 Å². The highest BCUT2D eigenvalue weighted by Crippen LogP contribution is 2.32. The molecule has 5 nitrogen and oxygen atoms in total. The van der Waals surface area contributed by atoms with Crippen molar-refractivity contribution >= 4 is 22.5 Å². The maximum Gasteiger partial charge on any atom is 0.321 e. The van der Waals surface area contributed by atoms with Gasteiger partial charge in [0.25, 0.3) is 0 Å². The van der Waals surface area contributed by atoms with Crippen LogP contribution in [0.2, 0.25) is 5.02 Å². The van der Waals surface area contributed by atoms with Gasteiger partial charge in [0.15, 0.2) is 6.17 Å². The van der Waals surface area contributed by atoms with Gasteiger partial charge in [-0.05, 0) is 12.1 Å². The molecule has 0 amide bonds. The van der Waals surface area contributed by atoms with E-state index in [0.29, 0.717) is 21.7 Å². The van der Waals surface area contributed by atoms with Crippen molar-refractivity contribution in [2.75, 3.05) is 6.67 Å². The lowest BCUT2D eigenvalue weighted by molar-refractivity contribution is 0.136. The first-order chi connectivity index (χ1) is 13.4. The number of aromatic nitrogens is 4. The Morgan fingerprint density at radius 2 is 1.79 bits per heavy atom. The van der Waals surface area contributed by atoms with Gasteiger partial charge in [-0.2, -0.15) is 0 Å². The summed E-state index contributed by atoms with van der Waals surface area (Å²) in [5, 5.41) is 0.746. The molecule has 2 unspecified atom stereocenters. The first-order valence-electron chi connectivity index (χ1n) is 8.68. The standard InChI is InChI=1S/C19H18ClF3N4O/c1-10(2)18-26-14-4-3-5-16(28-19-24-8-11(20)9-25-19)17(14)15(27-18)6-12(22)13(23)7-21/h3-5,8-10,12-13H,6-7H2,1-2H3. The van der Waals surface area contributed by atoms with Crippen LogP contribution in [0.5, 0.6) is 11.8 Å². The van der Waals surface area contributed by atoms with Gasteiger partial charge in [0.2, 0.25) is 0 Å². The summed E-state index contributed by atoms with van der Waals surface area (Å²) in [4.78, 5) is 16.8. The van der Waals surface area contributed by atoms with E-state index in [2.05, 4.69) is 19.9 Å². The van der Waals surface area contributed by atoms with Gasteiger partial charge in [0, 0.05) is 12.3 Å². The van der Waals surface area contributed by atoms with Crippen LogP contribution in [0.1, 0.15) is 31.3 Å². The fraction of sp³-hybridized carbons (Fsp3) is 0.368. The molecule has 2 atom stereocenters. The molecule has 0 spiro atoms. The van der Waals surface area contributed by atoms with Crippen molar-refractivity contribution < 1.29 is 17.9 Å². The smallest absolute Gasteiger partial charge is 0.321 e. The molecule has 3 rings (SSSR count). The van der Waals surface area contributed by atoms with Crippen LogP contribution in [0.4, 0.5) is 13.2 Å². The van der Waals surface area contributed by atoms with E-state index in [0.717, 1.165) is 0 Å². The Morgan fingerprint density at radius 1 is 1.07 bits per heavy atom. The molecule has 2 heterocycles. The maximum absolute atomic E-state index is 14.2. The van der Waals surface area contributed by atoms with Gasteiger partial charge >= 0.3 is 6.01 Å². The number of hydrogen-bond acceptors (Lipinski definition) is 5. The van der Waals surface area contributed by atoms with E-state index in [-0.39, 0.29) is 23.4 Å². The molecule has 0 saturated carbocycles. The molecular formula is C19H18ClF3N4O. The Balaban J connectivity index is 2.10. The van der Waals surface area contributed by atoms with E-state index in [4.69, 9.17) is 16.3 Å². The highest BCUT2D eigenvalue weighted by Gasteiger charge is 2.24. The van der Waals surface area contributed by atoms with E-state index >= 15 is 0 Å². The zero-order chi connectivity index (χ0) is 20.3. The van der Waals surface area contributed by atoms with Crippen LogP contribution in [-0.4, -0.2) is 39.0 Å². The first-order valence-corrected chi connectivity index (χ1v) is 9.06. The molecule has 148 valence electrons. The van der Waals surface area contributed by atoms with Crippen LogP contribution < -0.4 is 4.74 Å². The van der Waals surface area contributed by atoms with Gasteiger partial charge in [-0.3, -0.25) is 0 Å². The molecule has 0 aliphatic carbocycles. The van der Waals surface area contributed by atoms with Gasteiger partial charge < -0.3 is 4.74 Å². The SMILES string of the molecule is CC(C)c1nc(CC(F)C(F)CF)c2c(Oc3ncc(Cl)cn3)cccc2n1. The Morgan fingerprint density at radius 3 is 2.43 bits per heavy atom. The van der Waals surface area contributed by atoms with Gasteiger partial charge in [-0.1, -0.05) is 31.5 Å². The monoisotopic (exact) mass is 410 g/mol. The van der Waals surface area contributed by atoms with Crippen molar-refractivity contribution in [1.82, 2.24) is 19.9 Å². The minimum absolute atomic E-state index is 0.0275. The molecule has 0 bridgehead atoms. The number of nitrogens with zero attached hydrogens (tertiary/aromatic N) is 4. The van der Waals surface area contributed by atoms with Crippen molar-refractivity contribution in [3.05, 3.63) is 47.1 Å². The molecule has 0 radical (unpaired) electrons. The first kappa shape index (κ1) is 20.3. The lowest BCUT2D eigenvalue weighted by atomic mass is 10.0. The van der Waals surface area contributed by atoms with Crippen LogP contribution in [0.25, 0.3) is 10.9 Å². The van der Waals surface area contributed by atoms with Crippen molar-refractivity contribution in [1.29, 1.82) is 0 Å². The van der Waals surface area contributed by atoms with Crippen molar-refractivity contribution in [2.45, 2.75) is 38.5 Å². The molecule has 28 heavy (non-hydrogen) atoms. The third-order valence-corrected chi connectivity index (χ3v) is 4.22. The number of fused-ring (bicyclic) bond motifs is 1. The summed E-state index contributed by atoms with van der Waals surface area (Å²) in [5.41, 5.74) is 0.741. The van der Waals surface area contributed by atoms with E-state index in [9.17, 15) is 13.2 Å². The third-order valence-electron chi connectivity index (χ3n) is 4.02. The molecule has 0 saturated heterocycles. The van der Waals surface area contributed by atoms with Gasteiger partial charge in [0.1, 0.15) is 24.4 Å². The topological polar surface area (TPSA) is 60.8 Å². The van der Waals surface area contributed by atoms with E-state index in [1.807, 2.05) is 13.8 Å². The second-order valence-electron chi connectivity index (χ2n) is 6.51. The van der Waals surface area contributed by atoms with Crippen LogP contribution in [-0.2, 0) is 6.42 Å². The second kappa shape index (κ2) is 8.68. The predicted octanol–water partition coefficient (Wildman–Crippen LogP) is 5.18. The molecule has 3 aromatic rings. The molecule has 2 aromatic heterocycles. The third kappa shape index (κ3) is 4.49.